The van der Waals surface area contributed by atoms with Gasteiger partial charge in [-0.2, -0.15) is 18.2 Å². The normalized spacial score (nSPS) is 19.5. The molecule has 3 heterocycles. The number of rotatable bonds is 6. The fraction of sp³-hybridized carbons (Fsp3) is 0.192. The molecular formula is C26H22F3N7O2. The zero-order valence-electron chi connectivity index (χ0n) is 20.0. The smallest absolute Gasteiger partial charge is 0.416 e. The third-order valence-electron chi connectivity index (χ3n) is 5.93. The summed E-state index contributed by atoms with van der Waals surface area (Å²) in [7, 11) is 0. The van der Waals surface area contributed by atoms with Crippen molar-refractivity contribution in [3.8, 4) is 17.1 Å². The fourth-order valence-electron chi connectivity index (χ4n) is 3.99. The molecule has 0 radical (unpaired) electrons. The van der Waals surface area contributed by atoms with Crippen molar-refractivity contribution in [3.05, 3.63) is 90.0 Å². The van der Waals surface area contributed by atoms with Crippen LogP contribution in [0.4, 0.5) is 19.1 Å². The lowest BCUT2D eigenvalue weighted by molar-refractivity contribution is -0.137. The number of aromatic nitrogens is 3. The number of amides is 1. The van der Waals surface area contributed by atoms with Crippen molar-refractivity contribution in [2.45, 2.75) is 31.2 Å². The SMILES string of the molecule is CC(Nc1nc(OC2=CC=CC3NC(=O)C(N)=NC23)cc(-c2ccc(C(F)(F)F)cc2)n1)c1ccccn1. The number of allylic oxidation sites excluding steroid dienone is 2. The van der Waals surface area contributed by atoms with Crippen LogP contribution in [0.15, 0.2) is 83.7 Å². The molecule has 0 spiro atoms. The third kappa shape index (κ3) is 5.33. The predicted octanol–water partition coefficient (Wildman–Crippen LogP) is 3.79. The second-order valence-corrected chi connectivity index (χ2v) is 8.63. The second-order valence-electron chi connectivity index (χ2n) is 8.63. The summed E-state index contributed by atoms with van der Waals surface area (Å²) in [6.45, 7) is 1.87. The average molecular weight is 522 g/mol. The minimum absolute atomic E-state index is 0.122. The number of nitrogens with one attached hydrogen (secondary N) is 2. The Morgan fingerprint density at radius 1 is 1.13 bits per heavy atom. The van der Waals surface area contributed by atoms with Crippen LogP contribution in [0.2, 0.25) is 0 Å². The molecule has 38 heavy (non-hydrogen) atoms. The van der Waals surface area contributed by atoms with Gasteiger partial charge < -0.3 is 21.1 Å². The van der Waals surface area contributed by atoms with E-state index >= 15 is 0 Å². The Morgan fingerprint density at radius 3 is 2.63 bits per heavy atom. The quantitative estimate of drug-likeness (QED) is 0.450. The Balaban J connectivity index is 1.49. The van der Waals surface area contributed by atoms with Gasteiger partial charge in [-0.15, -0.1) is 0 Å². The van der Waals surface area contributed by atoms with Crippen molar-refractivity contribution in [3.63, 3.8) is 0 Å². The molecule has 3 aromatic rings. The molecule has 1 amide bonds. The first kappa shape index (κ1) is 24.9. The first-order chi connectivity index (χ1) is 18.2. The molecule has 1 aliphatic heterocycles. The lowest BCUT2D eigenvalue weighted by atomic mass is 9.99. The van der Waals surface area contributed by atoms with E-state index in [-0.39, 0.29) is 23.7 Å². The molecule has 5 rings (SSSR count). The highest BCUT2D eigenvalue weighted by Crippen LogP contribution is 2.32. The minimum atomic E-state index is -4.46. The predicted molar refractivity (Wildman–Crippen MR) is 134 cm³/mol. The lowest BCUT2D eigenvalue weighted by Crippen LogP contribution is -2.53. The van der Waals surface area contributed by atoms with Gasteiger partial charge in [0.1, 0.15) is 11.8 Å². The van der Waals surface area contributed by atoms with Crippen LogP contribution in [0.25, 0.3) is 11.3 Å². The van der Waals surface area contributed by atoms with Crippen LogP contribution in [-0.4, -0.2) is 38.8 Å². The highest BCUT2D eigenvalue weighted by molar-refractivity contribution is 6.37. The number of nitrogens with two attached hydrogens (primary N) is 1. The largest absolute Gasteiger partial charge is 0.441 e. The Labute approximate surface area is 215 Å². The monoisotopic (exact) mass is 521 g/mol. The number of carbonyl (C=O) groups is 1. The number of fused-ring (bicyclic) bond motifs is 1. The van der Waals surface area contributed by atoms with Crippen molar-refractivity contribution in [1.82, 2.24) is 20.3 Å². The van der Waals surface area contributed by atoms with Crippen LogP contribution in [0.5, 0.6) is 5.88 Å². The van der Waals surface area contributed by atoms with Gasteiger partial charge in [-0.05, 0) is 37.3 Å². The molecule has 3 unspecified atom stereocenters. The molecule has 2 aromatic heterocycles. The Bertz CT molecular complexity index is 1440. The van der Waals surface area contributed by atoms with Gasteiger partial charge in [-0.1, -0.05) is 30.4 Å². The van der Waals surface area contributed by atoms with Crippen molar-refractivity contribution in [2.75, 3.05) is 5.32 Å². The van der Waals surface area contributed by atoms with Crippen LogP contribution < -0.4 is 21.1 Å². The van der Waals surface area contributed by atoms with Crippen molar-refractivity contribution < 1.29 is 22.7 Å². The number of hydrogen-bond acceptors (Lipinski definition) is 8. The number of pyridine rings is 1. The Morgan fingerprint density at radius 2 is 1.92 bits per heavy atom. The average Bonchev–Trinajstić information content (AvgIpc) is 2.90. The van der Waals surface area contributed by atoms with Crippen LogP contribution in [0, 0.1) is 0 Å². The van der Waals surface area contributed by atoms with Gasteiger partial charge in [0, 0.05) is 17.8 Å². The van der Waals surface area contributed by atoms with Gasteiger partial charge in [-0.25, -0.2) is 9.98 Å². The third-order valence-corrected chi connectivity index (χ3v) is 5.93. The number of alkyl halides is 3. The summed E-state index contributed by atoms with van der Waals surface area (Å²) in [6.07, 6.45) is 2.36. The maximum absolute atomic E-state index is 13.1. The van der Waals surface area contributed by atoms with E-state index in [0.29, 0.717) is 17.0 Å². The number of amidine groups is 1. The number of hydrogen-bond donors (Lipinski definition) is 3. The van der Waals surface area contributed by atoms with E-state index in [1.165, 1.54) is 18.2 Å². The van der Waals surface area contributed by atoms with E-state index in [1.807, 2.05) is 19.1 Å². The van der Waals surface area contributed by atoms with Gasteiger partial charge in [0.15, 0.2) is 5.84 Å². The molecule has 12 heteroatoms. The van der Waals surface area contributed by atoms with Gasteiger partial charge >= 0.3 is 6.18 Å². The summed E-state index contributed by atoms with van der Waals surface area (Å²) in [5.74, 6) is 0.0337. The summed E-state index contributed by atoms with van der Waals surface area (Å²) >= 11 is 0. The topological polar surface area (TPSA) is 127 Å². The van der Waals surface area contributed by atoms with Gasteiger partial charge in [0.05, 0.1) is 29.0 Å². The number of benzene rings is 1. The van der Waals surface area contributed by atoms with E-state index in [9.17, 15) is 18.0 Å². The number of nitrogens with zero attached hydrogens (tertiary/aromatic N) is 4. The molecule has 2 aliphatic rings. The maximum Gasteiger partial charge on any atom is 0.416 e. The molecule has 9 nitrogen and oxygen atoms in total. The molecule has 194 valence electrons. The van der Waals surface area contributed by atoms with Crippen molar-refractivity contribution in [1.29, 1.82) is 0 Å². The zero-order chi connectivity index (χ0) is 26.9. The summed E-state index contributed by atoms with van der Waals surface area (Å²) in [5, 5.41) is 5.92. The standard InChI is InChI=1S/C26H22F3N7O2/c1-14(17-5-2-3-12-31-17)32-25-34-19(15-8-10-16(11-9-15)26(27,28)29)13-21(35-25)38-20-7-4-6-18-22(20)36-23(30)24(37)33-18/h2-14,18,22H,1H3,(H2,30,36)(H,33,37)(H,32,34,35). The summed E-state index contributed by atoms with van der Waals surface area (Å²) in [6, 6.07) is 10.3. The van der Waals surface area contributed by atoms with Crippen LogP contribution in [0.3, 0.4) is 0 Å². The number of aliphatic imine (C=N–C) groups is 1. The molecule has 4 N–H and O–H groups in total. The number of anilines is 1. The van der Waals surface area contributed by atoms with Crippen LogP contribution in [-0.2, 0) is 11.0 Å². The maximum atomic E-state index is 13.1. The van der Waals surface area contributed by atoms with E-state index in [4.69, 9.17) is 10.5 Å². The van der Waals surface area contributed by atoms with E-state index in [0.717, 1.165) is 17.8 Å². The summed E-state index contributed by atoms with van der Waals surface area (Å²) in [5.41, 5.74) is 6.47. The second kappa shape index (κ2) is 9.96. The molecular weight excluding hydrogens is 499 g/mol. The first-order valence-corrected chi connectivity index (χ1v) is 11.6. The molecule has 1 aromatic carbocycles. The summed E-state index contributed by atoms with van der Waals surface area (Å²) < 4.78 is 45.3. The number of carbonyl (C=O) groups excluding carboxylic acids is 1. The minimum Gasteiger partial charge on any atom is -0.441 e. The molecule has 0 bridgehead atoms. The molecule has 0 fully saturated rings. The molecule has 1 aliphatic carbocycles. The first-order valence-electron chi connectivity index (χ1n) is 11.6. The Hall–Kier alpha value is -4.74. The molecule has 0 saturated heterocycles. The van der Waals surface area contributed by atoms with E-state index in [2.05, 4.69) is 30.6 Å². The van der Waals surface area contributed by atoms with E-state index in [1.54, 1.807) is 30.5 Å². The van der Waals surface area contributed by atoms with Gasteiger partial charge in [-0.3, -0.25) is 9.78 Å². The fourth-order valence-corrected chi connectivity index (χ4v) is 3.99. The lowest BCUT2D eigenvalue weighted by Gasteiger charge is -2.30. The Kier molecular flexibility index (Phi) is 6.53. The number of halogens is 3. The van der Waals surface area contributed by atoms with Crippen LogP contribution >= 0.6 is 0 Å². The van der Waals surface area contributed by atoms with Gasteiger partial charge in [0.2, 0.25) is 11.8 Å². The highest BCUT2D eigenvalue weighted by Gasteiger charge is 2.34. The number of ether oxygens (including phenoxy) is 1. The van der Waals surface area contributed by atoms with E-state index < -0.39 is 29.7 Å². The van der Waals surface area contributed by atoms with Crippen molar-refractivity contribution in [2.24, 2.45) is 10.7 Å². The van der Waals surface area contributed by atoms with Crippen molar-refractivity contribution >= 4 is 17.7 Å². The zero-order valence-corrected chi connectivity index (χ0v) is 20.0. The van der Waals surface area contributed by atoms with Gasteiger partial charge in [0.25, 0.3) is 5.91 Å². The molecule has 0 saturated carbocycles. The highest BCUT2D eigenvalue weighted by atomic mass is 19.4. The molecule has 3 atom stereocenters. The summed E-state index contributed by atoms with van der Waals surface area (Å²) in [4.78, 5) is 29.5. The van der Waals surface area contributed by atoms with Crippen LogP contribution in [0.1, 0.15) is 24.2 Å².